The minimum Gasteiger partial charge on any atom is -0.355 e. The first-order valence-electron chi connectivity index (χ1n) is 6.94. The first kappa shape index (κ1) is 16.4. The van der Waals surface area contributed by atoms with Gasteiger partial charge in [0.25, 0.3) is 0 Å². The van der Waals surface area contributed by atoms with E-state index in [2.05, 4.69) is 38.3 Å². The van der Waals surface area contributed by atoms with Crippen molar-refractivity contribution < 1.29 is 4.79 Å². The van der Waals surface area contributed by atoms with Crippen LogP contribution in [0.3, 0.4) is 0 Å². The van der Waals surface area contributed by atoms with Crippen molar-refractivity contribution in [2.45, 2.75) is 66.3 Å². The molecular formula is C14H30N2O. The lowest BCUT2D eigenvalue weighted by Gasteiger charge is -2.25. The van der Waals surface area contributed by atoms with Crippen LogP contribution in [0, 0.1) is 5.41 Å². The molecule has 0 aliphatic rings. The van der Waals surface area contributed by atoms with Crippen LogP contribution >= 0.6 is 0 Å². The zero-order chi connectivity index (χ0) is 13.3. The molecule has 0 heterocycles. The molecule has 0 rings (SSSR count). The van der Waals surface area contributed by atoms with E-state index in [1.54, 1.807) is 0 Å². The van der Waals surface area contributed by atoms with Gasteiger partial charge in [-0.3, -0.25) is 4.79 Å². The third-order valence-electron chi connectivity index (χ3n) is 3.32. The molecular weight excluding hydrogens is 212 g/mol. The highest BCUT2D eigenvalue weighted by Gasteiger charge is 2.18. The van der Waals surface area contributed by atoms with Crippen LogP contribution in [0.15, 0.2) is 0 Å². The van der Waals surface area contributed by atoms with E-state index >= 15 is 0 Å². The van der Waals surface area contributed by atoms with Crippen molar-refractivity contribution in [3.63, 3.8) is 0 Å². The molecule has 3 heteroatoms. The zero-order valence-corrected chi connectivity index (χ0v) is 12.2. The maximum absolute atomic E-state index is 11.7. The molecule has 0 aromatic carbocycles. The molecule has 0 fully saturated rings. The zero-order valence-electron chi connectivity index (χ0n) is 12.2. The Morgan fingerprint density at radius 2 is 1.88 bits per heavy atom. The fourth-order valence-electron chi connectivity index (χ4n) is 1.39. The normalized spacial score (nSPS) is 13.5. The third kappa shape index (κ3) is 8.19. The Morgan fingerprint density at radius 3 is 2.41 bits per heavy atom. The van der Waals surface area contributed by atoms with Crippen LogP contribution in [-0.2, 0) is 4.79 Å². The van der Waals surface area contributed by atoms with Gasteiger partial charge in [0.2, 0.25) is 5.91 Å². The molecule has 1 atom stereocenters. The van der Waals surface area contributed by atoms with Gasteiger partial charge in [0.1, 0.15) is 0 Å². The monoisotopic (exact) mass is 242 g/mol. The van der Waals surface area contributed by atoms with E-state index in [4.69, 9.17) is 0 Å². The van der Waals surface area contributed by atoms with Crippen molar-refractivity contribution in [1.29, 1.82) is 0 Å². The highest BCUT2D eigenvalue weighted by Crippen LogP contribution is 2.17. The quantitative estimate of drug-likeness (QED) is 0.610. The predicted molar refractivity (Wildman–Crippen MR) is 74.1 cm³/mol. The number of unbranched alkanes of at least 4 members (excludes halogenated alkanes) is 2. The molecule has 0 aliphatic carbocycles. The van der Waals surface area contributed by atoms with Gasteiger partial charge in [0, 0.05) is 13.1 Å². The van der Waals surface area contributed by atoms with Gasteiger partial charge in [0.05, 0.1) is 6.04 Å². The van der Waals surface area contributed by atoms with Crippen LogP contribution in [0.25, 0.3) is 0 Å². The summed E-state index contributed by atoms with van der Waals surface area (Å²) in [4.78, 5) is 11.7. The first-order valence-corrected chi connectivity index (χ1v) is 6.94. The van der Waals surface area contributed by atoms with Crippen molar-refractivity contribution in [3.8, 4) is 0 Å². The predicted octanol–water partition coefficient (Wildman–Crippen LogP) is 2.71. The van der Waals surface area contributed by atoms with Gasteiger partial charge in [0.15, 0.2) is 0 Å². The number of hydrogen-bond donors (Lipinski definition) is 2. The molecule has 0 spiro atoms. The van der Waals surface area contributed by atoms with Crippen LogP contribution in [0.2, 0.25) is 0 Å². The van der Waals surface area contributed by atoms with Gasteiger partial charge in [-0.25, -0.2) is 0 Å². The molecule has 0 bridgehead atoms. The standard InChI is InChI=1S/C14H30N2O/c1-6-8-9-10-15-13(17)12(3)16-11-14(4,5)7-2/h12,16H,6-11H2,1-5H3,(H,15,17). The Balaban J connectivity index is 3.74. The maximum Gasteiger partial charge on any atom is 0.236 e. The average Bonchev–Trinajstić information content (AvgIpc) is 2.31. The highest BCUT2D eigenvalue weighted by molar-refractivity contribution is 5.81. The van der Waals surface area contributed by atoms with Gasteiger partial charge in [-0.05, 0) is 25.2 Å². The summed E-state index contributed by atoms with van der Waals surface area (Å²) in [6.07, 6.45) is 4.57. The van der Waals surface area contributed by atoms with E-state index in [0.29, 0.717) is 0 Å². The Morgan fingerprint density at radius 1 is 1.24 bits per heavy atom. The summed E-state index contributed by atoms with van der Waals surface area (Å²) in [6, 6.07) is -0.0950. The van der Waals surface area contributed by atoms with Crippen molar-refractivity contribution in [2.75, 3.05) is 13.1 Å². The number of carbonyl (C=O) groups excluding carboxylic acids is 1. The minimum absolute atomic E-state index is 0.0950. The summed E-state index contributed by atoms with van der Waals surface area (Å²) in [5.74, 6) is 0.119. The lowest BCUT2D eigenvalue weighted by Crippen LogP contribution is -2.45. The second-order valence-electron chi connectivity index (χ2n) is 5.62. The molecule has 1 amide bonds. The van der Waals surface area contributed by atoms with E-state index in [0.717, 1.165) is 25.9 Å². The Kier molecular flexibility index (Phi) is 8.23. The minimum atomic E-state index is -0.0950. The molecule has 0 aliphatic heterocycles. The number of amides is 1. The molecule has 2 N–H and O–H groups in total. The SMILES string of the molecule is CCCCCNC(=O)C(C)NCC(C)(C)CC. The van der Waals surface area contributed by atoms with Crippen LogP contribution in [0.4, 0.5) is 0 Å². The van der Waals surface area contributed by atoms with Crippen LogP contribution in [0.1, 0.15) is 60.3 Å². The summed E-state index contributed by atoms with van der Waals surface area (Å²) < 4.78 is 0. The second-order valence-corrected chi connectivity index (χ2v) is 5.62. The lowest BCUT2D eigenvalue weighted by molar-refractivity contribution is -0.122. The molecule has 102 valence electrons. The fourth-order valence-corrected chi connectivity index (χ4v) is 1.39. The molecule has 3 nitrogen and oxygen atoms in total. The van der Waals surface area contributed by atoms with Crippen molar-refractivity contribution in [3.05, 3.63) is 0 Å². The summed E-state index contributed by atoms with van der Waals surface area (Å²) >= 11 is 0. The van der Waals surface area contributed by atoms with E-state index in [1.165, 1.54) is 12.8 Å². The van der Waals surface area contributed by atoms with Crippen molar-refractivity contribution in [2.24, 2.45) is 5.41 Å². The van der Waals surface area contributed by atoms with Gasteiger partial charge >= 0.3 is 0 Å². The van der Waals surface area contributed by atoms with E-state index in [9.17, 15) is 4.79 Å². The van der Waals surface area contributed by atoms with Gasteiger partial charge in [-0.2, -0.15) is 0 Å². The van der Waals surface area contributed by atoms with Gasteiger partial charge in [-0.15, -0.1) is 0 Å². The van der Waals surface area contributed by atoms with Gasteiger partial charge in [-0.1, -0.05) is 40.5 Å². The largest absolute Gasteiger partial charge is 0.355 e. The topological polar surface area (TPSA) is 41.1 Å². The molecule has 17 heavy (non-hydrogen) atoms. The van der Waals surface area contributed by atoms with E-state index < -0.39 is 0 Å². The number of nitrogens with one attached hydrogen (secondary N) is 2. The molecule has 0 aromatic heterocycles. The fraction of sp³-hybridized carbons (Fsp3) is 0.929. The molecule has 0 saturated carbocycles. The lowest BCUT2D eigenvalue weighted by atomic mass is 9.90. The van der Waals surface area contributed by atoms with Crippen LogP contribution in [0.5, 0.6) is 0 Å². The molecule has 1 unspecified atom stereocenters. The molecule has 0 saturated heterocycles. The van der Waals surface area contributed by atoms with Crippen molar-refractivity contribution >= 4 is 5.91 Å². The highest BCUT2D eigenvalue weighted by atomic mass is 16.2. The molecule has 0 radical (unpaired) electrons. The smallest absolute Gasteiger partial charge is 0.236 e. The van der Waals surface area contributed by atoms with E-state index in [1.807, 2.05) is 6.92 Å². The summed E-state index contributed by atoms with van der Waals surface area (Å²) in [5.41, 5.74) is 0.261. The van der Waals surface area contributed by atoms with Crippen LogP contribution in [-0.4, -0.2) is 25.0 Å². The second kappa shape index (κ2) is 8.51. The third-order valence-corrected chi connectivity index (χ3v) is 3.32. The summed E-state index contributed by atoms with van der Waals surface area (Å²) in [6.45, 7) is 12.4. The summed E-state index contributed by atoms with van der Waals surface area (Å²) in [7, 11) is 0. The summed E-state index contributed by atoms with van der Waals surface area (Å²) in [5, 5.41) is 6.27. The Bertz CT molecular complexity index is 214. The first-order chi connectivity index (χ1) is 7.93. The Hall–Kier alpha value is -0.570. The maximum atomic E-state index is 11.7. The molecule has 0 aromatic rings. The average molecular weight is 242 g/mol. The number of rotatable bonds is 9. The number of carbonyl (C=O) groups is 1. The van der Waals surface area contributed by atoms with Gasteiger partial charge < -0.3 is 10.6 Å². The van der Waals surface area contributed by atoms with Crippen molar-refractivity contribution in [1.82, 2.24) is 10.6 Å². The van der Waals surface area contributed by atoms with Crippen LogP contribution < -0.4 is 10.6 Å². The van der Waals surface area contributed by atoms with E-state index in [-0.39, 0.29) is 17.4 Å². The Labute approximate surface area is 107 Å². The number of hydrogen-bond acceptors (Lipinski definition) is 2.